The SMILES string of the molecule is O=C(CNCCC1CCCCC1)Nc1cccc(Br)c1. The van der Waals surface area contributed by atoms with E-state index in [1.54, 1.807) is 0 Å². The predicted octanol–water partition coefficient (Wildman–Crippen LogP) is 3.95. The third kappa shape index (κ3) is 5.63. The van der Waals surface area contributed by atoms with Crippen LogP contribution >= 0.6 is 15.9 Å². The van der Waals surface area contributed by atoms with E-state index in [0.717, 1.165) is 22.6 Å². The number of carbonyl (C=O) groups is 1. The van der Waals surface area contributed by atoms with Crippen LogP contribution < -0.4 is 10.6 Å². The summed E-state index contributed by atoms with van der Waals surface area (Å²) in [5.74, 6) is 0.885. The maximum Gasteiger partial charge on any atom is 0.238 e. The molecule has 110 valence electrons. The third-order valence-electron chi connectivity index (χ3n) is 3.85. The normalized spacial score (nSPS) is 16.1. The first-order chi connectivity index (χ1) is 9.74. The van der Waals surface area contributed by atoms with Crippen molar-refractivity contribution < 1.29 is 4.79 Å². The Hall–Kier alpha value is -0.870. The Morgan fingerprint density at radius 3 is 2.80 bits per heavy atom. The van der Waals surface area contributed by atoms with Crippen molar-refractivity contribution in [3.05, 3.63) is 28.7 Å². The van der Waals surface area contributed by atoms with Crippen molar-refractivity contribution in [2.75, 3.05) is 18.4 Å². The maximum absolute atomic E-state index is 11.8. The molecular formula is C16H23BrN2O. The topological polar surface area (TPSA) is 41.1 Å². The zero-order chi connectivity index (χ0) is 14.2. The van der Waals surface area contributed by atoms with Gasteiger partial charge in [0.25, 0.3) is 0 Å². The molecule has 1 fully saturated rings. The molecule has 0 heterocycles. The molecule has 0 radical (unpaired) electrons. The summed E-state index contributed by atoms with van der Waals surface area (Å²) in [5, 5.41) is 6.13. The van der Waals surface area contributed by atoms with Crippen LogP contribution in [0.2, 0.25) is 0 Å². The van der Waals surface area contributed by atoms with E-state index in [2.05, 4.69) is 26.6 Å². The minimum Gasteiger partial charge on any atom is -0.325 e. The molecule has 1 aromatic rings. The van der Waals surface area contributed by atoms with Crippen molar-refractivity contribution >= 4 is 27.5 Å². The van der Waals surface area contributed by atoms with E-state index < -0.39 is 0 Å². The zero-order valence-corrected chi connectivity index (χ0v) is 13.4. The first-order valence-electron chi connectivity index (χ1n) is 7.50. The minimum atomic E-state index is 0.0201. The second-order valence-corrected chi connectivity index (χ2v) is 6.44. The van der Waals surface area contributed by atoms with Gasteiger partial charge in [0.15, 0.2) is 0 Å². The minimum absolute atomic E-state index is 0.0201. The van der Waals surface area contributed by atoms with Crippen LogP contribution in [0.5, 0.6) is 0 Å². The van der Waals surface area contributed by atoms with Crippen LogP contribution in [0.1, 0.15) is 38.5 Å². The second-order valence-electron chi connectivity index (χ2n) is 5.53. The number of hydrogen-bond donors (Lipinski definition) is 2. The zero-order valence-electron chi connectivity index (χ0n) is 11.8. The summed E-state index contributed by atoms with van der Waals surface area (Å²) >= 11 is 3.39. The van der Waals surface area contributed by atoms with E-state index in [-0.39, 0.29) is 5.91 Å². The first kappa shape index (κ1) is 15.5. The van der Waals surface area contributed by atoms with Crippen LogP contribution in [0.25, 0.3) is 0 Å². The average Bonchev–Trinajstić information content (AvgIpc) is 2.45. The number of nitrogens with one attached hydrogen (secondary N) is 2. The Bertz CT molecular complexity index is 430. The van der Waals surface area contributed by atoms with Crippen LogP contribution in [0, 0.1) is 5.92 Å². The Morgan fingerprint density at radius 1 is 1.25 bits per heavy atom. The number of amides is 1. The van der Waals surface area contributed by atoms with E-state index in [9.17, 15) is 4.79 Å². The van der Waals surface area contributed by atoms with Crippen LogP contribution in [0.15, 0.2) is 28.7 Å². The standard InChI is InChI=1S/C16H23BrN2O/c17-14-7-4-8-15(11-14)19-16(20)12-18-10-9-13-5-2-1-3-6-13/h4,7-8,11,13,18H,1-3,5-6,9-10,12H2,(H,19,20). The first-order valence-corrected chi connectivity index (χ1v) is 8.29. The summed E-state index contributed by atoms with van der Waals surface area (Å²) in [6.07, 6.45) is 8.10. The van der Waals surface area contributed by atoms with Gasteiger partial charge in [0, 0.05) is 10.2 Å². The van der Waals surface area contributed by atoms with Gasteiger partial charge < -0.3 is 10.6 Å². The van der Waals surface area contributed by atoms with Gasteiger partial charge in [0.2, 0.25) is 5.91 Å². The Labute approximate surface area is 129 Å². The lowest BCUT2D eigenvalue weighted by Gasteiger charge is -2.21. The second kappa shape index (κ2) is 8.42. The Balaban J connectivity index is 1.60. The summed E-state index contributed by atoms with van der Waals surface area (Å²) in [6.45, 7) is 1.33. The van der Waals surface area contributed by atoms with E-state index in [1.807, 2.05) is 24.3 Å². The molecule has 4 heteroatoms. The van der Waals surface area contributed by atoms with Gasteiger partial charge in [-0.15, -0.1) is 0 Å². The average molecular weight is 339 g/mol. The predicted molar refractivity (Wildman–Crippen MR) is 86.8 cm³/mol. The molecule has 20 heavy (non-hydrogen) atoms. The maximum atomic E-state index is 11.8. The molecule has 1 saturated carbocycles. The molecule has 1 aromatic carbocycles. The van der Waals surface area contributed by atoms with Crippen LogP contribution in [0.4, 0.5) is 5.69 Å². The van der Waals surface area contributed by atoms with Crippen molar-refractivity contribution in [3.63, 3.8) is 0 Å². The highest BCUT2D eigenvalue weighted by molar-refractivity contribution is 9.10. The number of rotatable bonds is 6. The van der Waals surface area contributed by atoms with Gasteiger partial charge >= 0.3 is 0 Å². The molecule has 1 aliphatic rings. The number of benzene rings is 1. The van der Waals surface area contributed by atoms with Crippen LogP contribution in [-0.2, 0) is 4.79 Å². The van der Waals surface area contributed by atoms with Gasteiger partial charge in [0.05, 0.1) is 6.54 Å². The largest absolute Gasteiger partial charge is 0.325 e. The van der Waals surface area contributed by atoms with Gasteiger partial charge in [0.1, 0.15) is 0 Å². The fraction of sp³-hybridized carbons (Fsp3) is 0.562. The number of hydrogen-bond acceptors (Lipinski definition) is 2. The quantitative estimate of drug-likeness (QED) is 0.771. The Morgan fingerprint density at radius 2 is 2.05 bits per heavy atom. The summed E-state index contributed by atoms with van der Waals surface area (Å²) in [7, 11) is 0. The Kier molecular flexibility index (Phi) is 6.54. The molecule has 2 N–H and O–H groups in total. The third-order valence-corrected chi connectivity index (χ3v) is 4.34. The highest BCUT2D eigenvalue weighted by Crippen LogP contribution is 2.25. The summed E-state index contributed by atoms with van der Waals surface area (Å²) in [6, 6.07) is 7.65. The van der Waals surface area contributed by atoms with Gasteiger partial charge in [-0.25, -0.2) is 0 Å². The van der Waals surface area contributed by atoms with Crippen LogP contribution in [-0.4, -0.2) is 19.0 Å². The molecule has 1 aliphatic carbocycles. The lowest BCUT2D eigenvalue weighted by atomic mass is 9.87. The summed E-state index contributed by atoms with van der Waals surface area (Å²) in [4.78, 5) is 11.8. The van der Waals surface area contributed by atoms with Gasteiger partial charge in [-0.1, -0.05) is 54.1 Å². The van der Waals surface area contributed by atoms with E-state index in [1.165, 1.54) is 38.5 Å². The van der Waals surface area contributed by atoms with Crippen molar-refractivity contribution in [2.45, 2.75) is 38.5 Å². The molecule has 0 unspecified atom stereocenters. The monoisotopic (exact) mass is 338 g/mol. The van der Waals surface area contributed by atoms with Crippen molar-refractivity contribution in [3.8, 4) is 0 Å². The molecule has 0 bridgehead atoms. The smallest absolute Gasteiger partial charge is 0.238 e. The molecule has 0 atom stereocenters. The molecule has 1 amide bonds. The van der Waals surface area contributed by atoms with Crippen molar-refractivity contribution in [2.24, 2.45) is 5.92 Å². The molecule has 0 saturated heterocycles. The molecular weight excluding hydrogens is 316 g/mol. The molecule has 0 aromatic heterocycles. The summed E-state index contributed by atoms with van der Waals surface area (Å²) < 4.78 is 0.973. The lowest BCUT2D eigenvalue weighted by Crippen LogP contribution is -2.29. The van der Waals surface area contributed by atoms with E-state index in [4.69, 9.17) is 0 Å². The van der Waals surface area contributed by atoms with Crippen molar-refractivity contribution in [1.29, 1.82) is 0 Å². The highest BCUT2D eigenvalue weighted by Gasteiger charge is 2.12. The van der Waals surface area contributed by atoms with Gasteiger partial charge in [-0.2, -0.15) is 0 Å². The van der Waals surface area contributed by atoms with Gasteiger partial charge in [-0.3, -0.25) is 4.79 Å². The molecule has 0 aliphatic heterocycles. The number of halogens is 1. The van der Waals surface area contributed by atoms with Gasteiger partial charge in [-0.05, 0) is 37.1 Å². The highest BCUT2D eigenvalue weighted by atomic mass is 79.9. The van der Waals surface area contributed by atoms with E-state index in [0.29, 0.717) is 6.54 Å². The van der Waals surface area contributed by atoms with Crippen molar-refractivity contribution in [1.82, 2.24) is 5.32 Å². The molecule has 3 nitrogen and oxygen atoms in total. The molecule has 2 rings (SSSR count). The van der Waals surface area contributed by atoms with Crippen LogP contribution in [0.3, 0.4) is 0 Å². The van der Waals surface area contributed by atoms with E-state index >= 15 is 0 Å². The summed E-state index contributed by atoms with van der Waals surface area (Å²) in [5.41, 5.74) is 0.832. The molecule has 0 spiro atoms. The number of carbonyl (C=O) groups excluding carboxylic acids is 1. The fourth-order valence-electron chi connectivity index (χ4n) is 2.76. The fourth-order valence-corrected chi connectivity index (χ4v) is 3.15. The lowest BCUT2D eigenvalue weighted by molar-refractivity contribution is -0.115. The number of anilines is 1.